The van der Waals surface area contributed by atoms with Gasteiger partial charge in [0.05, 0.1) is 16.6 Å². The summed E-state index contributed by atoms with van der Waals surface area (Å²) < 4.78 is 27.1. The molecule has 2 heterocycles. The molecule has 0 aliphatic rings. The summed E-state index contributed by atoms with van der Waals surface area (Å²) in [6.45, 7) is 1.97. The van der Waals surface area contributed by atoms with Crippen LogP contribution in [-0.4, -0.2) is 13.4 Å². The third-order valence-electron chi connectivity index (χ3n) is 2.64. The van der Waals surface area contributed by atoms with Crippen LogP contribution in [0.4, 0.5) is 0 Å². The highest BCUT2D eigenvalue weighted by molar-refractivity contribution is 7.89. The molecule has 3 N–H and O–H groups in total. The molecule has 102 valence electrons. The lowest BCUT2D eigenvalue weighted by molar-refractivity contribution is 0.563. The predicted molar refractivity (Wildman–Crippen MR) is 75.2 cm³/mol. The quantitative estimate of drug-likeness (QED) is 0.878. The first-order chi connectivity index (χ1) is 9.04. The van der Waals surface area contributed by atoms with Crippen LogP contribution in [0.5, 0.6) is 0 Å². The van der Waals surface area contributed by atoms with Gasteiger partial charge in [0, 0.05) is 17.6 Å². The van der Waals surface area contributed by atoms with E-state index < -0.39 is 16.1 Å². The maximum Gasteiger partial charge on any atom is 0.242 e. The van der Waals surface area contributed by atoms with Crippen molar-refractivity contribution in [2.45, 2.75) is 24.4 Å². The van der Waals surface area contributed by atoms with Gasteiger partial charge in [-0.05, 0) is 30.5 Å². The summed E-state index contributed by atoms with van der Waals surface area (Å²) in [5.41, 5.74) is 6.22. The molecule has 0 bridgehead atoms. The molecule has 7 heteroatoms. The Morgan fingerprint density at radius 2 is 2.21 bits per heavy atom. The first-order valence-corrected chi connectivity index (χ1v) is 8.10. The lowest BCUT2D eigenvalue weighted by Crippen LogP contribution is -2.28. The molecule has 2 aromatic rings. The average molecular weight is 297 g/mol. The molecule has 2 rings (SSSR count). The van der Waals surface area contributed by atoms with Crippen LogP contribution < -0.4 is 10.5 Å². The van der Waals surface area contributed by atoms with Crippen LogP contribution in [0.2, 0.25) is 0 Å². The Balaban J connectivity index is 2.23. The number of sulfonamides is 1. The predicted octanol–water partition coefficient (Wildman–Crippen LogP) is 1.64. The van der Waals surface area contributed by atoms with E-state index in [1.54, 1.807) is 36.7 Å². The van der Waals surface area contributed by atoms with Crippen LogP contribution in [0.3, 0.4) is 0 Å². The maximum absolute atomic E-state index is 12.3. The van der Waals surface area contributed by atoms with Gasteiger partial charge in [-0.15, -0.1) is 11.3 Å². The molecule has 0 aliphatic carbocycles. The van der Waals surface area contributed by atoms with Gasteiger partial charge in [-0.2, -0.15) is 0 Å². The smallest absolute Gasteiger partial charge is 0.242 e. The molecule has 1 atom stereocenters. The molecule has 5 nitrogen and oxygen atoms in total. The molecule has 0 radical (unpaired) electrons. The third-order valence-corrected chi connectivity index (χ3v) is 5.34. The lowest BCUT2D eigenvalue weighted by atomic mass is 10.2. The highest BCUT2D eigenvalue weighted by atomic mass is 32.2. The fraction of sp³-hybridized carbons (Fsp3) is 0.250. The second kappa shape index (κ2) is 5.79. The highest BCUT2D eigenvalue weighted by Crippen LogP contribution is 2.23. The first kappa shape index (κ1) is 14.1. The second-order valence-electron chi connectivity index (χ2n) is 4.01. The number of nitrogens with zero attached hydrogens (tertiary/aromatic N) is 1. The maximum atomic E-state index is 12.3. The minimum atomic E-state index is -3.57. The van der Waals surface area contributed by atoms with Crippen molar-refractivity contribution in [3.8, 4) is 0 Å². The Hall–Kier alpha value is -1.28. The molecule has 0 amide bonds. The number of thiophene rings is 1. The van der Waals surface area contributed by atoms with Gasteiger partial charge in [0.2, 0.25) is 10.0 Å². The zero-order valence-electron chi connectivity index (χ0n) is 10.4. The third kappa shape index (κ3) is 3.19. The van der Waals surface area contributed by atoms with Crippen molar-refractivity contribution in [1.82, 2.24) is 9.71 Å². The Bertz CT molecular complexity index is 638. The number of nitrogens with two attached hydrogens (primary N) is 1. The van der Waals surface area contributed by atoms with E-state index in [1.807, 2.05) is 6.07 Å². The highest BCUT2D eigenvalue weighted by Gasteiger charge is 2.22. The molecular formula is C12H15N3O2S2. The number of hydrogen-bond acceptors (Lipinski definition) is 5. The monoisotopic (exact) mass is 297 g/mol. The number of nitrogens with one attached hydrogen (secondary N) is 1. The van der Waals surface area contributed by atoms with Gasteiger partial charge < -0.3 is 5.73 Å². The normalized spacial score (nSPS) is 13.4. The van der Waals surface area contributed by atoms with Gasteiger partial charge in [0.15, 0.2) is 0 Å². The molecule has 19 heavy (non-hydrogen) atoms. The summed E-state index contributed by atoms with van der Waals surface area (Å²) in [5, 5.41) is 1.72. The second-order valence-corrected chi connectivity index (χ2v) is 6.69. The Kier molecular flexibility index (Phi) is 4.31. The summed E-state index contributed by atoms with van der Waals surface area (Å²) in [7, 11) is -3.57. The van der Waals surface area contributed by atoms with E-state index in [0.29, 0.717) is 10.6 Å². The molecule has 0 aliphatic heterocycles. The van der Waals surface area contributed by atoms with Crippen LogP contribution in [0.1, 0.15) is 23.5 Å². The number of hydrogen-bond donors (Lipinski definition) is 2. The molecule has 1 unspecified atom stereocenters. The standard InChI is InChI=1S/C12H15N3O2S2/c1-9(10-4-2-3-6-14-10)15-19(16,17)12-5-7-18-11(12)8-13/h2-7,9,15H,8,13H2,1H3. The van der Waals surface area contributed by atoms with Gasteiger partial charge >= 0.3 is 0 Å². The summed E-state index contributed by atoms with van der Waals surface area (Å²) in [4.78, 5) is 5.04. The van der Waals surface area contributed by atoms with E-state index in [1.165, 1.54) is 11.3 Å². The number of pyridine rings is 1. The van der Waals surface area contributed by atoms with Crippen LogP contribution >= 0.6 is 11.3 Å². The molecule has 0 aromatic carbocycles. The Morgan fingerprint density at radius 3 is 2.84 bits per heavy atom. The van der Waals surface area contributed by atoms with E-state index in [-0.39, 0.29) is 11.4 Å². The van der Waals surface area contributed by atoms with Crippen LogP contribution in [0.25, 0.3) is 0 Å². The molecule has 0 fully saturated rings. The zero-order valence-corrected chi connectivity index (χ0v) is 12.0. The van der Waals surface area contributed by atoms with Crippen molar-refractivity contribution in [3.63, 3.8) is 0 Å². The van der Waals surface area contributed by atoms with Gasteiger partial charge in [0.25, 0.3) is 0 Å². The summed E-state index contributed by atoms with van der Waals surface area (Å²) in [6.07, 6.45) is 1.63. The van der Waals surface area contributed by atoms with E-state index in [4.69, 9.17) is 5.73 Å². The zero-order chi connectivity index (χ0) is 13.9. The minimum Gasteiger partial charge on any atom is -0.326 e. The van der Waals surface area contributed by atoms with E-state index in [0.717, 1.165) is 0 Å². The van der Waals surface area contributed by atoms with Crippen molar-refractivity contribution in [2.24, 2.45) is 5.73 Å². The average Bonchev–Trinajstić information content (AvgIpc) is 2.88. The van der Waals surface area contributed by atoms with Crippen LogP contribution in [-0.2, 0) is 16.6 Å². The molecule has 0 saturated heterocycles. The van der Waals surface area contributed by atoms with Crippen molar-refractivity contribution >= 4 is 21.4 Å². The van der Waals surface area contributed by atoms with Gasteiger partial charge in [-0.25, -0.2) is 13.1 Å². The fourth-order valence-electron chi connectivity index (χ4n) is 1.71. The Morgan fingerprint density at radius 1 is 1.42 bits per heavy atom. The fourth-order valence-corrected chi connectivity index (χ4v) is 4.26. The first-order valence-electron chi connectivity index (χ1n) is 5.74. The van der Waals surface area contributed by atoms with Gasteiger partial charge in [0.1, 0.15) is 0 Å². The molecule has 0 saturated carbocycles. The molecule has 2 aromatic heterocycles. The van der Waals surface area contributed by atoms with E-state index in [9.17, 15) is 8.42 Å². The van der Waals surface area contributed by atoms with Crippen molar-refractivity contribution in [1.29, 1.82) is 0 Å². The SMILES string of the molecule is CC(NS(=O)(=O)c1ccsc1CN)c1ccccn1. The topological polar surface area (TPSA) is 85.1 Å². The van der Waals surface area contributed by atoms with E-state index in [2.05, 4.69) is 9.71 Å². The summed E-state index contributed by atoms with van der Waals surface area (Å²) in [5.74, 6) is 0. The molecular weight excluding hydrogens is 282 g/mol. The van der Waals surface area contributed by atoms with Crippen molar-refractivity contribution in [3.05, 3.63) is 46.4 Å². The Labute approximate surface area is 116 Å². The lowest BCUT2D eigenvalue weighted by Gasteiger charge is -2.13. The summed E-state index contributed by atoms with van der Waals surface area (Å²) in [6, 6.07) is 6.57. The largest absolute Gasteiger partial charge is 0.326 e. The van der Waals surface area contributed by atoms with Gasteiger partial charge in [-0.1, -0.05) is 6.07 Å². The van der Waals surface area contributed by atoms with Crippen molar-refractivity contribution in [2.75, 3.05) is 0 Å². The minimum absolute atomic E-state index is 0.214. The van der Waals surface area contributed by atoms with Crippen LogP contribution in [0.15, 0.2) is 40.7 Å². The van der Waals surface area contributed by atoms with Gasteiger partial charge in [-0.3, -0.25) is 4.98 Å². The van der Waals surface area contributed by atoms with Crippen LogP contribution in [0, 0.1) is 0 Å². The number of rotatable bonds is 5. The summed E-state index contributed by atoms with van der Waals surface area (Å²) >= 11 is 1.34. The number of aromatic nitrogens is 1. The van der Waals surface area contributed by atoms with E-state index >= 15 is 0 Å². The van der Waals surface area contributed by atoms with Crippen molar-refractivity contribution < 1.29 is 8.42 Å². The molecule has 0 spiro atoms.